The zero-order valence-corrected chi connectivity index (χ0v) is 23.0. The minimum Gasteiger partial charge on any atom is -0.481 e. The lowest BCUT2D eigenvalue weighted by Crippen LogP contribution is -2.45. The fourth-order valence-electron chi connectivity index (χ4n) is 5.54. The summed E-state index contributed by atoms with van der Waals surface area (Å²) in [5, 5.41) is 4.23. The van der Waals surface area contributed by atoms with Crippen LogP contribution in [0.2, 0.25) is 0 Å². The van der Waals surface area contributed by atoms with Crippen LogP contribution in [0.1, 0.15) is 29.5 Å². The zero-order chi connectivity index (χ0) is 27.0. The summed E-state index contributed by atoms with van der Waals surface area (Å²) >= 11 is 0. The van der Waals surface area contributed by atoms with E-state index in [-0.39, 0.29) is 6.04 Å². The largest absolute Gasteiger partial charge is 0.481 e. The second kappa shape index (κ2) is 10.5. The Morgan fingerprint density at radius 3 is 2.72 bits per heavy atom. The maximum atomic E-state index is 13.2. The van der Waals surface area contributed by atoms with Gasteiger partial charge in [0, 0.05) is 48.9 Å². The van der Waals surface area contributed by atoms with Crippen molar-refractivity contribution in [3.63, 3.8) is 0 Å². The van der Waals surface area contributed by atoms with E-state index in [1.54, 1.807) is 25.7 Å². The van der Waals surface area contributed by atoms with Crippen LogP contribution in [-0.2, 0) is 23.0 Å². The molecule has 2 aromatic heterocycles. The van der Waals surface area contributed by atoms with E-state index in [2.05, 4.69) is 44.0 Å². The molecule has 6 rings (SSSR count). The van der Waals surface area contributed by atoms with Gasteiger partial charge >= 0.3 is 0 Å². The summed E-state index contributed by atoms with van der Waals surface area (Å²) in [6.45, 7) is 5.00. The van der Waals surface area contributed by atoms with Gasteiger partial charge < -0.3 is 15.0 Å². The molecule has 202 valence electrons. The van der Waals surface area contributed by atoms with Crippen LogP contribution < -0.4 is 19.7 Å². The first-order valence-corrected chi connectivity index (χ1v) is 14.8. The number of anilines is 1. The highest BCUT2D eigenvalue weighted by atomic mass is 32.2. The predicted molar refractivity (Wildman–Crippen MR) is 151 cm³/mol. The molecule has 9 nitrogen and oxygen atoms in total. The first-order chi connectivity index (χ1) is 18.9. The molecular weight excluding hydrogens is 512 g/mol. The molecule has 2 aliphatic rings. The molecule has 0 aliphatic carbocycles. The quantitative estimate of drug-likeness (QED) is 0.379. The molecule has 0 spiro atoms. The van der Waals surface area contributed by atoms with Gasteiger partial charge in [0.2, 0.25) is 15.9 Å². The van der Waals surface area contributed by atoms with Crippen molar-refractivity contribution in [3.8, 4) is 17.0 Å². The number of benzene rings is 2. The lowest BCUT2D eigenvalue weighted by Gasteiger charge is -2.31. The van der Waals surface area contributed by atoms with Crippen molar-refractivity contribution in [2.45, 2.75) is 43.7 Å². The molecule has 1 saturated heterocycles. The fourth-order valence-corrected chi connectivity index (χ4v) is 6.86. The van der Waals surface area contributed by atoms with Crippen LogP contribution in [0.15, 0.2) is 59.9 Å². The molecule has 0 radical (unpaired) electrons. The van der Waals surface area contributed by atoms with Gasteiger partial charge in [0.25, 0.3) is 0 Å². The summed E-state index contributed by atoms with van der Waals surface area (Å²) in [5.41, 5.74) is 6.14. The molecular formula is C29H32N6O3S. The minimum atomic E-state index is -3.61. The van der Waals surface area contributed by atoms with Crippen molar-refractivity contribution in [1.29, 1.82) is 0 Å². The maximum absolute atomic E-state index is 13.2. The van der Waals surface area contributed by atoms with Crippen molar-refractivity contribution < 1.29 is 13.2 Å². The summed E-state index contributed by atoms with van der Waals surface area (Å²) in [4.78, 5) is 16.2. The lowest BCUT2D eigenvalue weighted by atomic mass is 9.98. The van der Waals surface area contributed by atoms with Gasteiger partial charge in [0.05, 0.1) is 17.5 Å². The van der Waals surface area contributed by atoms with E-state index >= 15 is 0 Å². The lowest BCUT2D eigenvalue weighted by molar-refractivity contribution is 0.398. The maximum Gasteiger partial charge on any atom is 0.240 e. The number of rotatable bonds is 6. The summed E-state index contributed by atoms with van der Waals surface area (Å²) in [5.74, 6) is 1.41. The van der Waals surface area contributed by atoms with E-state index in [0.717, 1.165) is 71.3 Å². The Bertz CT molecular complexity index is 1620. The Kier molecular flexibility index (Phi) is 6.92. The van der Waals surface area contributed by atoms with Crippen molar-refractivity contribution in [1.82, 2.24) is 25.0 Å². The van der Waals surface area contributed by atoms with Crippen molar-refractivity contribution in [2.24, 2.45) is 0 Å². The standard InChI is InChI=1S/C29H32N6O3S/c1-19-12-22(21-6-8-27(38-2)31-15-21)14-26-28(19)32-18-33-29(26)35-11-9-20-5-7-25(13-23(20)17-35)39(36,37)34-24-4-3-10-30-16-24/h5-8,12-15,18,24,30,34H,3-4,9-11,16-17H2,1-2H3. The monoisotopic (exact) mass is 544 g/mol. The third-order valence-corrected chi connectivity index (χ3v) is 9.12. The van der Waals surface area contributed by atoms with Crippen LogP contribution in [0.25, 0.3) is 22.0 Å². The topological polar surface area (TPSA) is 109 Å². The number of fused-ring (bicyclic) bond motifs is 2. The SMILES string of the molecule is COc1ccc(-c2cc(C)c3ncnc(N4CCc5ccc(S(=O)(=O)NC6CCCNC6)cc5C4)c3c2)cn1. The average molecular weight is 545 g/mol. The number of sulfonamides is 1. The third kappa shape index (κ3) is 5.19. The number of methoxy groups -OCH3 is 1. The number of nitrogens with zero attached hydrogens (tertiary/aromatic N) is 4. The van der Waals surface area contributed by atoms with Crippen molar-refractivity contribution >= 4 is 26.7 Å². The van der Waals surface area contributed by atoms with Gasteiger partial charge in [0.1, 0.15) is 12.1 Å². The van der Waals surface area contributed by atoms with Gasteiger partial charge in [0.15, 0.2) is 0 Å². The van der Waals surface area contributed by atoms with Crippen LogP contribution in [0.5, 0.6) is 5.88 Å². The number of aryl methyl sites for hydroxylation is 1. The summed E-state index contributed by atoms with van der Waals surface area (Å²) < 4.78 is 34.4. The number of aromatic nitrogens is 3. The van der Waals surface area contributed by atoms with Gasteiger partial charge in [-0.25, -0.2) is 28.1 Å². The normalized spacial score (nSPS) is 17.7. The summed E-state index contributed by atoms with van der Waals surface area (Å²) in [6, 6.07) is 13.5. The van der Waals surface area contributed by atoms with E-state index in [0.29, 0.717) is 23.9 Å². The number of nitrogens with one attached hydrogen (secondary N) is 2. The van der Waals surface area contributed by atoms with Gasteiger partial charge in [-0.2, -0.15) is 0 Å². The number of hydrogen-bond donors (Lipinski definition) is 2. The van der Waals surface area contributed by atoms with Crippen LogP contribution in [0.3, 0.4) is 0 Å². The van der Waals surface area contributed by atoms with Gasteiger partial charge in [-0.3, -0.25) is 0 Å². The first-order valence-electron chi connectivity index (χ1n) is 13.3. The molecule has 0 bridgehead atoms. The second-order valence-corrected chi connectivity index (χ2v) is 12.0. The Labute approximate surface area is 228 Å². The van der Waals surface area contributed by atoms with Crippen LogP contribution in [0, 0.1) is 6.92 Å². The number of piperidine rings is 1. The summed E-state index contributed by atoms with van der Waals surface area (Å²) in [6.07, 6.45) is 6.04. The second-order valence-electron chi connectivity index (χ2n) is 10.2. The van der Waals surface area contributed by atoms with E-state index in [1.165, 1.54) is 5.56 Å². The molecule has 39 heavy (non-hydrogen) atoms. The molecule has 1 atom stereocenters. The molecule has 1 fully saturated rings. The molecule has 10 heteroatoms. The van der Waals surface area contributed by atoms with Crippen LogP contribution in [-0.4, -0.2) is 56.2 Å². The van der Waals surface area contributed by atoms with Gasteiger partial charge in [-0.15, -0.1) is 0 Å². The van der Waals surface area contributed by atoms with E-state index < -0.39 is 10.0 Å². The summed E-state index contributed by atoms with van der Waals surface area (Å²) in [7, 11) is -2.00. The highest BCUT2D eigenvalue weighted by Gasteiger charge is 2.25. The Balaban J connectivity index is 1.32. The Morgan fingerprint density at radius 2 is 1.95 bits per heavy atom. The Morgan fingerprint density at radius 1 is 1.05 bits per heavy atom. The first kappa shape index (κ1) is 25.7. The third-order valence-electron chi connectivity index (χ3n) is 7.61. The number of pyridine rings is 1. The smallest absolute Gasteiger partial charge is 0.240 e. The van der Waals surface area contributed by atoms with Crippen molar-refractivity contribution in [3.05, 3.63) is 71.7 Å². The molecule has 2 N–H and O–H groups in total. The minimum absolute atomic E-state index is 0.0815. The fraction of sp³-hybridized carbons (Fsp3) is 0.345. The van der Waals surface area contributed by atoms with Crippen LogP contribution >= 0.6 is 0 Å². The zero-order valence-electron chi connectivity index (χ0n) is 22.1. The van der Waals surface area contributed by atoms with E-state index in [1.807, 2.05) is 24.3 Å². The predicted octanol–water partition coefficient (Wildman–Crippen LogP) is 3.60. The molecule has 2 aromatic carbocycles. The van der Waals surface area contributed by atoms with Crippen LogP contribution in [0.4, 0.5) is 5.82 Å². The molecule has 0 amide bonds. The number of hydrogen-bond acceptors (Lipinski definition) is 8. The molecule has 4 heterocycles. The van der Waals surface area contributed by atoms with Crippen molar-refractivity contribution in [2.75, 3.05) is 31.6 Å². The molecule has 2 aliphatic heterocycles. The molecule has 0 saturated carbocycles. The average Bonchev–Trinajstić information content (AvgIpc) is 2.96. The van der Waals surface area contributed by atoms with E-state index in [4.69, 9.17) is 9.72 Å². The highest BCUT2D eigenvalue weighted by Crippen LogP contribution is 2.34. The van der Waals surface area contributed by atoms with Gasteiger partial charge in [-0.05, 0) is 85.3 Å². The molecule has 1 unspecified atom stereocenters. The van der Waals surface area contributed by atoms with Gasteiger partial charge in [-0.1, -0.05) is 6.07 Å². The highest BCUT2D eigenvalue weighted by molar-refractivity contribution is 7.89. The van der Waals surface area contributed by atoms with E-state index in [9.17, 15) is 8.42 Å². The number of ether oxygens (including phenoxy) is 1. The Hall–Kier alpha value is -3.60. The molecule has 4 aromatic rings.